The minimum Gasteiger partial charge on any atom is -0.475 e. The number of piperidine rings is 1. The van der Waals surface area contributed by atoms with Gasteiger partial charge in [0.25, 0.3) is 0 Å². The summed E-state index contributed by atoms with van der Waals surface area (Å²) in [6.07, 6.45) is 0.618. The van der Waals surface area contributed by atoms with Gasteiger partial charge in [-0.15, -0.1) is 0 Å². The van der Waals surface area contributed by atoms with Crippen molar-refractivity contribution >= 4 is 37.8 Å². The van der Waals surface area contributed by atoms with Crippen LogP contribution in [-0.2, 0) is 14.8 Å². The highest BCUT2D eigenvalue weighted by atomic mass is 79.9. The maximum Gasteiger partial charge on any atom is 0.371 e. The van der Waals surface area contributed by atoms with Crippen LogP contribution in [0.15, 0.2) is 20.0 Å². The lowest BCUT2D eigenvalue weighted by Gasteiger charge is -2.22. The van der Waals surface area contributed by atoms with Crippen molar-refractivity contribution in [3.63, 3.8) is 0 Å². The highest BCUT2D eigenvalue weighted by Crippen LogP contribution is 2.26. The summed E-state index contributed by atoms with van der Waals surface area (Å²) in [6, 6.07) is 0.490. The molecular formula is C10H11BrN2O6S. The molecule has 1 atom stereocenters. The predicted octanol–water partition coefficient (Wildman–Crippen LogP) is 0.297. The zero-order valence-corrected chi connectivity index (χ0v) is 12.5. The first-order valence-corrected chi connectivity index (χ1v) is 7.89. The molecule has 2 heterocycles. The van der Waals surface area contributed by atoms with Gasteiger partial charge in [-0.05, 0) is 22.4 Å². The summed E-state index contributed by atoms with van der Waals surface area (Å²) in [5, 5.41) is 11.3. The van der Waals surface area contributed by atoms with Gasteiger partial charge in [0.1, 0.15) is 4.90 Å². The standard InChI is InChI=1S/C10H11BrN2O6S/c11-9-7(3-6(19-9)10(15)16)20(17,18)13-5-1-2-8(14)12-4-5/h3,5,13H,1-2,4H2,(H,12,14)(H,15,16). The van der Waals surface area contributed by atoms with Crippen molar-refractivity contribution < 1.29 is 27.5 Å². The van der Waals surface area contributed by atoms with Crippen LogP contribution < -0.4 is 10.0 Å². The van der Waals surface area contributed by atoms with E-state index in [0.717, 1.165) is 6.07 Å². The number of carboxylic acid groups (broad SMARTS) is 1. The number of halogens is 1. The number of nitrogens with one attached hydrogen (secondary N) is 2. The fraction of sp³-hybridized carbons (Fsp3) is 0.400. The molecule has 0 bridgehead atoms. The number of carbonyl (C=O) groups is 2. The van der Waals surface area contributed by atoms with Crippen LogP contribution in [0.25, 0.3) is 0 Å². The Kier molecular flexibility index (Phi) is 4.16. The summed E-state index contributed by atoms with van der Waals surface area (Å²) in [5.41, 5.74) is 0. The van der Waals surface area contributed by atoms with E-state index < -0.39 is 27.8 Å². The zero-order chi connectivity index (χ0) is 14.9. The number of carboxylic acids is 1. The molecule has 110 valence electrons. The number of hydrogen-bond acceptors (Lipinski definition) is 5. The minimum absolute atomic E-state index is 0.127. The molecule has 1 saturated heterocycles. The average molecular weight is 367 g/mol. The lowest BCUT2D eigenvalue weighted by atomic mass is 10.1. The van der Waals surface area contributed by atoms with E-state index in [1.54, 1.807) is 0 Å². The van der Waals surface area contributed by atoms with Gasteiger partial charge < -0.3 is 14.8 Å². The normalized spacial score (nSPS) is 19.6. The van der Waals surface area contributed by atoms with Gasteiger partial charge in [-0.2, -0.15) is 0 Å². The van der Waals surface area contributed by atoms with Gasteiger partial charge in [0, 0.05) is 25.1 Å². The van der Waals surface area contributed by atoms with E-state index in [9.17, 15) is 18.0 Å². The second-order valence-electron chi connectivity index (χ2n) is 4.21. The molecule has 8 nitrogen and oxygen atoms in total. The molecule has 0 radical (unpaired) electrons. The van der Waals surface area contributed by atoms with Crippen LogP contribution in [0, 0.1) is 0 Å². The van der Waals surface area contributed by atoms with Crippen LogP contribution in [0.2, 0.25) is 0 Å². The fourth-order valence-corrected chi connectivity index (χ4v) is 3.97. The first kappa shape index (κ1) is 15.0. The Morgan fingerprint density at radius 2 is 2.25 bits per heavy atom. The number of sulfonamides is 1. The highest BCUT2D eigenvalue weighted by molar-refractivity contribution is 9.10. The molecule has 2 rings (SSSR count). The number of aromatic carboxylic acids is 1. The molecule has 10 heteroatoms. The average Bonchev–Trinajstić information content (AvgIpc) is 2.75. The third-order valence-corrected chi connectivity index (χ3v) is 5.12. The smallest absolute Gasteiger partial charge is 0.371 e. The summed E-state index contributed by atoms with van der Waals surface area (Å²) in [6.45, 7) is 0.194. The van der Waals surface area contributed by atoms with Crippen LogP contribution in [-0.4, -0.2) is 38.0 Å². The van der Waals surface area contributed by atoms with Crippen LogP contribution in [0.1, 0.15) is 23.4 Å². The molecule has 1 aliphatic heterocycles. The summed E-state index contributed by atoms with van der Waals surface area (Å²) in [5.74, 6) is -1.97. The Hall–Kier alpha value is -1.39. The van der Waals surface area contributed by atoms with Crippen LogP contribution in [0.5, 0.6) is 0 Å². The Balaban J connectivity index is 2.18. The monoisotopic (exact) mass is 366 g/mol. The van der Waals surface area contributed by atoms with E-state index in [-0.39, 0.29) is 28.4 Å². The summed E-state index contributed by atoms with van der Waals surface area (Å²) in [7, 11) is -3.93. The van der Waals surface area contributed by atoms with Crippen molar-refractivity contribution in [2.24, 2.45) is 0 Å². The first-order chi connectivity index (χ1) is 9.29. The number of carbonyl (C=O) groups excluding carboxylic acids is 1. The third kappa shape index (κ3) is 3.19. The van der Waals surface area contributed by atoms with Crippen LogP contribution >= 0.6 is 15.9 Å². The summed E-state index contributed by atoms with van der Waals surface area (Å²) >= 11 is 2.88. The van der Waals surface area contributed by atoms with E-state index in [0.29, 0.717) is 6.42 Å². The number of hydrogen-bond donors (Lipinski definition) is 3. The molecule has 0 aromatic carbocycles. The maximum atomic E-state index is 12.1. The second-order valence-corrected chi connectivity index (χ2v) is 6.62. The molecule has 1 aromatic heterocycles. The minimum atomic E-state index is -3.93. The summed E-state index contributed by atoms with van der Waals surface area (Å²) < 4.78 is 31.3. The van der Waals surface area contributed by atoms with Crippen LogP contribution in [0.3, 0.4) is 0 Å². The molecular weight excluding hydrogens is 356 g/mol. The van der Waals surface area contributed by atoms with Crippen molar-refractivity contribution in [1.82, 2.24) is 10.0 Å². The molecule has 3 N–H and O–H groups in total. The zero-order valence-electron chi connectivity index (χ0n) is 10.1. The molecule has 0 saturated carbocycles. The number of rotatable bonds is 4. The number of furan rings is 1. The second kappa shape index (κ2) is 5.54. The third-order valence-electron chi connectivity index (χ3n) is 2.74. The lowest BCUT2D eigenvalue weighted by Crippen LogP contribution is -2.47. The van der Waals surface area contributed by atoms with E-state index in [2.05, 4.69) is 26.0 Å². The van der Waals surface area contributed by atoms with E-state index in [1.807, 2.05) is 0 Å². The fourth-order valence-electron chi connectivity index (χ4n) is 1.76. The quantitative estimate of drug-likeness (QED) is 0.703. The van der Waals surface area contributed by atoms with Crippen molar-refractivity contribution in [2.45, 2.75) is 23.8 Å². The van der Waals surface area contributed by atoms with E-state index >= 15 is 0 Å². The first-order valence-electron chi connectivity index (χ1n) is 5.61. The van der Waals surface area contributed by atoms with Gasteiger partial charge in [0.2, 0.25) is 21.7 Å². The number of amides is 1. The largest absolute Gasteiger partial charge is 0.475 e. The van der Waals surface area contributed by atoms with Crippen molar-refractivity contribution in [3.05, 3.63) is 16.5 Å². The van der Waals surface area contributed by atoms with Gasteiger partial charge in [0.15, 0.2) is 4.67 Å². The van der Waals surface area contributed by atoms with Gasteiger partial charge >= 0.3 is 5.97 Å². The van der Waals surface area contributed by atoms with Gasteiger partial charge in [0.05, 0.1) is 0 Å². The van der Waals surface area contributed by atoms with Crippen molar-refractivity contribution in [1.29, 1.82) is 0 Å². The molecule has 1 fully saturated rings. The molecule has 0 spiro atoms. The Morgan fingerprint density at radius 3 is 2.75 bits per heavy atom. The van der Waals surface area contributed by atoms with Gasteiger partial charge in [-0.3, -0.25) is 4.79 Å². The highest BCUT2D eigenvalue weighted by Gasteiger charge is 2.29. The maximum absolute atomic E-state index is 12.1. The van der Waals surface area contributed by atoms with E-state index in [4.69, 9.17) is 9.52 Å². The molecule has 1 aliphatic rings. The van der Waals surface area contributed by atoms with Crippen molar-refractivity contribution in [3.8, 4) is 0 Å². The molecule has 20 heavy (non-hydrogen) atoms. The molecule has 1 unspecified atom stereocenters. The predicted molar refractivity (Wildman–Crippen MR) is 69.7 cm³/mol. The SMILES string of the molecule is O=C1CCC(NS(=O)(=O)c2cc(C(=O)O)oc2Br)CN1. The van der Waals surface area contributed by atoms with Crippen molar-refractivity contribution in [2.75, 3.05) is 6.54 Å². The van der Waals surface area contributed by atoms with Crippen LogP contribution in [0.4, 0.5) is 0 Å². The van der Waals surface area contributed by atoms with Gasteiger partial charge in [-0.25, -0.2) is 17.9 Å². The molecule has 1 aromatic rings. The topological polar surface area (TPSA) is 126 Å². The van der Waals surface area contributed by atoms with E-state index in [1.165, 1.54) is 0 Å². The Bertz CT molecular complexity index is 643. The molecule has 0 aliphatic carbocycles. The molecule has 1 amide bonds. The lowest BCUT2D eigenvalue weighted by molar-refractivity contribution is -0.122. The Labute approximate surface area is 122 Å². The summed E-state index contributed by atoms with van der Waals surface area (Å²) in [4.78, 5) is 21.5. The van der Waals surface area contributed by atoms with Gasteiger partial charge in [-0.1, -0.05) is 0 Å². The Morgan fingerprint density at radius 1 is 1.55 bits per heavy atom.